The van der Waals surface area contributed by atoms with Gasteiger partial charge >= 0.3 is 0 Å². The summed E-state index contributed by atoms with van der Waals surface area (Å²) >= 11 is 0. The maximum Gasteiger partial charge on any atom is 0.270 e. The molecule has 0 aromatic heterocycles. The smallest absolute Gasteiger partial charge is 0.270 e. The second kappa shape index (κ2) is 9.29. The second-order valence-electron chi connectivity index (χ2n) is 7.78. The molecule has 2 aromatic rings. The van der Waals surface area contributed by atoms with Crippen LogP contribution in [0.15, 0.2) is 41.3 Å². The number of amides is 1. The Morgan fingerprint density at radius 1 is 1.19 bits per heavy atom. The number of nitro groups is 1. The van der Waals surface area contributed by atoms with Crippen LogP contribution in [0.2, 0.25) is 0 Å². The number of nitro benzene ring substituents is 1. The molecule has 1 amide bonds. The fraction of sp³-hybridized carbons (Fsp3) is 0.381. The van der Waals surface area contributed by atoms with Gasteiger partial charge in [0.25, 0.3) is 5.69 Å². The predicted molar refractivity (Wildman–Crippen MR) is 112 cm³/mol. The molecule has 1 aliphatic rings. The number of halogens is 2. The Kier molecular flexibility index (Phi) is 6.89. The van der Waals surface area contributed by atoms with Crippen LogP contribution >= 0.6 is 0 Å². The number of piperidine rings is 1. The Morgan fingerprint density at radius 2 is 1.84 bits per heavy atom. The Bertz CT molecular complexity index is 1150. The quantitative estimate of drug-likeness (QED) is 0.517. The van der Waals surface area contributed by atoms with Gasteiger partial charge < -0.3 is 5.32 Å². The number of carbonyl (C=O) groups excluding carboxylic acids is 1. The number of nitrogens with one attached hydrogen (secondary N) is 1. The average Bonchev–Trinajstić information content (AvgIpc) is 2.73. The van der Waals surface area contributed by atoms with Crippen LogP contribution < -0.4 is 5.32 Å². The van der Waals surface area contributed by atoms with Gasteiger partial charge in [-0.25, -0.2) is 17.2 Å². The average molecular weight is 467 g/mol. The summed E-state index contributed by atoms with van der Waals surface area (Å²) < 4.78 is 54.3. The molecule has 11 heteroatoms. The van der Waals surface area contributed by atoms with Crippen LogP contribution in [-0.4, -0.2) is 36.6 Å². The van der Waals surface area contributed by atoms with E-state index in [1.54, 1.807) is 13.8 Å². The van der Waals surface area contributed by atoms with Crippen molar-refractivity contribution in [1.29, 1.82) is 0 Å². The molecule has 172 valence electrons. The number of hydrogen-bond acceptors (Lipinski definition) is 5. The van der Waals surface area contributed by atoms with Crippen LogP contribution in [0, 0.1) is 34.6 Å². The van der Waals surface area contributed by atoms with Crippen molar-refractivity contribution in [3.05, 3.63) is 69.3 Å². The van der Waals surface area contributed by atoms with E-state index in [2.05, 4.69) is 5.32 Å². The molecule has 3 rings (SSSR count). The van der Waals surface area contributed by atoms with Crippen molar-refractivity contribution in [3.63, 3.8) is 0 Å². The van der Waals surface area contributed by atoms with Crippen molar-refractivity contribution < 1.29 is 26.9 Å². The van der Waals surface area contributed by atoms with Gasteiger partial charge in [-0.2, -0.15) is 4.31 Å². The van der Waals surface area contributed by atoms with Crippen LogP contribution in [0.4, 0.5) is 14.5 Å². The number of carbonyl (C=O) groups is 1. The highest BCUT2D eigenvalue weighted by Gasteiger charge is 2.34. The number of benzene rings is 2. The van der Waals surface area contributed by atoms with Gasteiger partial charge in [-0.15, -0.1) is 0 Å². The molecule has 1 aliphatic heterocycles. The lowest BCUT2D eigenvalue weighted by Gasteiger charge is -2.31. The maximum absolute atomic E-state index is 13.9. The summed E-state index contributed by atoms with van der Waals surface area (Å²) in [6.45, 7) is 3.29. The van der Waals surface area contributed by atoms with Crippen LogP contribution in [-0.2, 0) is 14.8 Å². The molecular formula is C21H23F2N3O5S. The fourth-order valence-corrected chi connectivity index (χ4v) is 5.45. The lowest BCUT2D eigenvalue weighted by atomic mass is 9.96. The Labute approximate surface area is 184 Å². The topological polar surface area (TPSA) is 110 Å². The molecular weight excluding hydrogens is 444 g/mol. The minimum absolute atomic E-state index is 0.0713. The number of non-ortho nitro benzene ring substituents is 1. The van der Waals surface area contributed by atoms with Crippen LogP contribution in [0.3, 0.4) is 0 Å². The largest absolute Gasteiger partial charge is 0.349 e. The molecule has 1 N–H and O–H groups in total. The van der Waals surface area contributed by atoms with Crippen molar-refractivity contribution >= 4 is 21.6 Å². The van der Waals surface area contributed by atoms with E-state index in [0.29, 0.717) is 5.56 Å². The third-order valence-electron chi connectivity index (χ3n) is 5.61. The number of aryl methyl sites for hydroxylation is 1. The van der Waals surface area contributed by atoms with Gasteiger partial charge in [0.15, 0.2) is 0 Å². The summed E-state index contributed by atoms with van der Waals surface area (Å²) in [6.07, 6.45) is 0.495. The minimum atomic E-state index is -3.96. The SMILES string of the molecule is Cc1ccc([N+](=O)[O-])cc1S(=O)(=O)N1CCC(C(=O)NC(C)c2ccc(F)cc2F)CC1. The van der Waals surface area contributed by atoms with E-state index in [1.165, 1.54) is 22.5 Å². The summed E-state index contributed by atoms with van der Waals surface area (Å²) in [5.74, 6) is -2.29. The molecule has 1 fully saturated rings. The zero-order chi connectivity index (χ0) is 23.6. The highest BCUT2D eigenvalue weighted by Crippen LogP contribution is 2.29. The molecule has 0 bridgehead atoms. The first-order valence-electron chi connectivity index (χ1n) is 10.0. The van der Waals surface area contributed by atoms with Crippen molar-refractivity contribution in [2.45, 2.75) is 37.6 Å². The van der Waals surface area contributed by atoms with Gasteiger partial charge in [0, 0.05) is 42.8 Å². The fourth-order valence-electron chi connectivity index (χ4n) is 3.74. The highest BCUT2D eigenvalue weighted by atomic mass is 32.2. The zero-order valence-electron chi connectivity index (χ0n) is 17.5. The third-order valence-corrected chi connectivity index (χ3v) is 7.65. The summed E-state index contributed by atoms with van der Waals surface area (Å²) in [4.78, 5) is 22.9. The monoisotopic (exact) mass is 467 g/mol. The molecule has 0 aliphatic carbocycles. The first kappa shape index (κ1) is 23.7. The van der Waals surface area contributed by atoms with Crippen molar-refractivity contribution in [1.82, 2.24) is 9.62 Å². The van der Waals surface area contributed by atoms with Crippen LogP contribution in [0.25, 0.3) is 0 Å². The van der Waals surface area contributed by atoms with Gasteiger partial charge in [0.1, 0.15) is 11.6 Å². The van der Waals surface area contributed by atoms with E-state index >= 15 is 0 Å². The lowest BCUT2D eigenvalue weighted by Crippen LogP contribution is -2.43. The van der Waals surface area contributed by atoms with Crippen molar-refractivity contribution in [2.24, 2.45) is 5.92 Å². The Hall–Kier alpha value is -2.92. The van der Waals surface area contributed by atoms with Gasteiger partial charge in [-0.3, -0.25) is 14.9 Å². The van der Waals surface area contributed by atoms with E-state index in [1.807, 2.05) is 0 Å². The van der Waals surface area contributed by atoms with E-state index in [9.17, 15) is 32.1 Å². The molecule has 1 saturated heterocycles. The summed E-state index contributed by atoms with van der Waals surface area (Å²) in [6, 6.07) is 6.13. The first-order chi connectivity index (χ1) is 15.0. The Balaban J connectivity index is 1.66. The van der Waals surface area contributed by atoms with E-state index in [4.69, 9.17) is 0 Å². The number of sulfonamides is 1. The molecule has 0 radical (unpaired) electrons. The minimum Gasteiger partial charge on any atom is -0.349 e. The van der Waals surface area contributed by atoms with E-state index < -0.39 is 38.5 Å². The number of rotatable bonds is 6. The summed E-state index contributed by atoms with van der Waals surface area (Å²) in [5, 5.41) is 13.7. The molecule has 0 saturated carbocycles. The Morgan fingerprint density at radius 3 is 2.44 bits per heavy atom. The van der Waals surface area contributed by atoms with E-state index in [-0.39, 0.29) is 48.0 Å². The zero-order valence-corrected chi connectivity index (χ0v) is 18.4. The first-order valence-corrected chi connectivity index (χ1v) is 11.4. The van der Waals surface area contributed by atoms with Crippen molar-refractivity contribution in [3.8, 4) is 0 Å². The molecule has 8 nitrogen and oxygen atoms in total. The molecule has 1 heterocycles. The normalized spacial score (nSPS) is 16.5. The molecule has 0 spiro atoms. The van der Waals surface area contributed by atoms with Gasteiger partial charge in [0.05, 0.1) is 15.9 Å². The lowest BCUT2D eigenvalue weighted by molar-refractivity contribution is -0.385. The molecule has 32 heavy (non-hydrogen) atoms. The van der Waals surface area contributed by atoms with Crippen LogP contribution in [0.1, 0.15) is 36.9 Å². The third kappa shape index (κ3) is 4.94. The van der Waals surface area contributed by atoms with Gasteiger partial charge in [-0.1, -0.05) is 12.1 Å². The van der Waals surface area contributed by atoms with Gasteiger partial charge in [-0.05, 0) is 38.3 Å². The molecule has 2 aromatic carbocycles. The predicted octanol–water partition coefficient (Wildman–Crippen LogP) is 3.46. The van der Waals surface area contributed by atoms with Crippen LogP contribution in [0.5, 0.6) is 0 Å². The molecule has 1 atom stereocenters. The maximum atomic E-state index is 13.9. The van der Waals surface area contributed by atoms with E-state index in [0.717, 1.165) is 18.2 Å². The summed E-state index contributed by atoms with van der Waals surface area (Å²) in [7, 11) is -3.96. The standard InChI is InChI=1S/C21H23F2N3O5S/c1-13-3-5-17(26(28)29)12-20(13)32(30,31)25-9-7-15(8-10-25)21(27)24-14(2)18-6-4-16(22)11-19(18)23/h3-6,11-12,14-15H,7-10H2,1-2H3,(H,24,27). The highest BCUT2D eigenvalue weighted by molar-refractivity contribution is 7.89. The molecule has 1 unspecified atom stereocenters. The number of hydrogen-bond donors (Lipinski definition) is 1. The number of nitrogens with zero attached hydrogens (tertiary/aromatic N) is 2. The van der Waals surface area contributed by atoms with Crippen molar-refractivity contribution in [2.75, 3.05) is 13.1 Å². The van der Waals surface area contributed by atoms with Gasteiger partial charge in [0.2, 0.25) is 15.9 Å². The second-order valence-corrected chi connectivity index (χ2v) is 9.69. The summed E-state index contributed by atoms with van der Waals surface area (Å²) in [5.41, 5.74) is 0.233.